The van der Waals surface area contributed by atoms with Crippen LogP contribution in [0.15, 0.2) is 24.3 Å². The molecule has 1 aliphatic rings. The Morgan fingerprint density at radius 2 is 2.04 bits per heavy atom. The Labute approximate surface area is 159 Å². The first kappa shape index (κ1) is 19.2. The molecule has 7 heteroatoms. The summed E-state index contributed by atoms with van der Waals surface area (Å²) in [5.74, 6) is 0.736. The van der Waals surface area contributed by atoms with E-state index in [1.807, 2.05) is 55.0 Å². The van der Waals surface area contributed by atoms with Gasteiger partial charge in [0, 0.05) is 36.6 Å². The summed E-state index contributed by atoms with van der Waals surface area (Å²) in [5, 5.41) is 3.99. The van der Waals surface area contributed by atoms with Crippen LogP contribution in [0.5, 0.6) is 5.75 Å². The molecule has 2 aromatic rings. The normalized spacial score (nSPS) is 20.0. The van der Waals surface area contributed by atoms with Crippen LogP contribution in [0.2, 0.25) is 0 Å². The van der Waals surface area contributed by atoms with Crippen LogP contribution in [0, 0.1) is 0 Å². The maximum atomic E-state index is 12.7. The number of nitrogens with zero attached hydrogens (tertiary/aromatic N) is 2. The minimum absolute atomic E-state index is 0.0482. The summed E-state index contributed by atoms with van der Waals surface area (Å²) in [7, 11) is 3.56. The molecule has 3 rings (SSSR count). The van der Waals surface area contributed by atoms with Gasteiger partial charge < -0.3 is 19.9 Å². The van der Waals surface area contributed by atoms with E-state index in [0.29, 0.717) is 31.7 Å². The second-order valence-corrected chi connectivity index (χ2v) is 7.01. The number of ether oxygens (including phenoxy) is 1. The number of likely N-dealkylation sites (tertiary alicyclic amines) is 1. The van der Waals surface area contributed by atoms with Gasteiger partial charge in [-0.15, -0.1) is 0 Å². The van der Waals surface area contributed by atoms with Gasteiger partial charge in [0.1, 0.15) is 11.4 Å². The van der Waals surface area contributed by atoms with Gasteiger partial charge in [-0.1, -0.05) is 0 Å². The number of amides is 2. The fourth-order valence-corrected chi connectivity index (χ4v) is 3.76. The number of hydrogen-bond donors (Lipinski definition) is 2. The molecule has 0 bridgehead atoms. The Morgan fingerprint density at radius 1 is 1.30 bits per heavy atom. The first-order chi connectivity index (χ1) is 13.0. The molecular weight excluding hydrogens is 344 g/mol. The quantitative estimate of drug-likeness (QED) is 0.811. The molecule has 2 amide bonds. The van der Waals surface area contributed by atoms with Gasteiger partial charge in [-0.2, -0.15) is 0 Å². The highest BCUT2D eigenvalue weighted by atomic mass is 16.5. The fourth-order valence-electron chi connectivity index (χ4n) is 3.76. The number of fused-ring (bicyclic) bond motifs is 1. The van der Waals surface area contributed by atoms with E-state index >= 15 is 0 Å². The van der Waals surface area contributed by atoms with Gasteiger partial charge in [0.15, 0.2) is 0 Å². The zero-order valence-corrected chi connectivity index (χ0v) is 16.4. The SMILES string of the molecule is CCN(CC)C(=O)C1CC(NC(=O)c2cc3cc(OC)ccc3[nH]2)CN1C. The number of H-pyrrole nitrogens is 1. The van der Waals surface area contributed by atoms with E-state index in [1.165, 1.54) is 0 Å². The molecule has 2 atom stereocenters. The topological polar surface area (TPSA) is 77.7 Å². The highest BCUT2D eigenvalue weighted by molar-refractivity contribution is 5.98. The van der Waals surface area contributed by atoms with Gasteiger partial charge in [-0.05, 0) is 51.6 Å². The summed E-state index contributed by atoms with van der Waals surface area (Å²) in [6.45, 7) is 6.04. The molecular formula is C20H28N4O3. The molecule has 1 saturated heterocycles. The fraction of sp³-hybridized carbons (Fsp3) is 0.500. The van der Waals surface area contributed by atoms with Crippen LogP contribution >= 0.6 is 0 Å². The Balaban J connectivity index is 1.67. The third kappa shape index (κ3) is 3.93. The average molecular weight is 372 g/mol. The predicted molar refractivity (Wildman–Crippen MR) is 105 cm³/mol. The van der Waals surface area contributed by atoms with E-state index in [4.69, 9.17) is 4.74 Å². The summed E-state index contributed by atoms with van der Waals surface area (Å²) < 4.78 is 5.23. The lowest BCUT2D eigenvalue weighted by atomic mass is 10.1. The predicted octanol–water partition coefficient (Wildman–Crippen LogP) is 1.85. The van der Waals surface area contributed by atoms with Crippen LogP contribution in [0.3, 0.4) is 0 Å². The number of carbonyl (C=O) groups excluding carboxylic acids is 2. The summed E-state index contributed by atoms with van der Waals surface area (Å²) in [4.78, 5) is 32.3. The van der Waals surface area contributed by atoms with Crippen molar-refractivity contribution >= 4 is 22.7 Å². The molecule has 1 aromatic carbocycles. The van der Waals surface area contributed by atoms with Crippen molar-refractivity contribution in [1.29, 1.82) is 0 Å². The smallest absolute Gasteiger partial charge is 0.267 e. The number of rotatable bonds is 6. The monoisotopic (exact) mass is 372 g/mol. The largest absolute Gasteiger partial charge is 0.497 e. The highest BCUT2D eigenvalue weighted by Gasteiger charge is 2.36. The number of benzene rings is 1. The minimum Gasteiger partial charge on any atom is -0.497 e. The molecule has 0 radical (unpaired) electrons. The second-order valence-electron chi connectivity index (χ2n) is 7.01. The second kappa shape index (κ2) is 8.00. The Hall–Kier alpha value is -2.54. The third-order valence-electron chi connectivity index (χ3n) is 5.32. The molecule has 2 N–H and O–H groups in total. The van der Waals surface area contributed by atoms with Crippen LogP contribution in [-0.2, 0) is 4.79 Å². The summed E-state index contributed by atoms with van der Waals surface area (Å²) in [6, 6.07) is 7.24. The number of likely N-dealkylation sites (N-methyl/N-ethyl adjacent to an activating group) is 2. The molecule has 7 nitrogen and oxygen atoms in total. The van der Waals surface area contributed by atoms with Crippen molar-refractivity contribution in [2.24, 2.45) is 0 Å². The van der Waals surface area contributed by atoms with Crippen molar-refractivity contribution in [2.45, 2.75) is 32.4 Å². The maximum absolute atomic E-state index is 12.7. The Bertz CT molecular complexity index is 828. The van der Waals surface area contributed by atoms with Gasteiger partial charge in [0.25, 0.3) is 5.91 Å². The summed E-state index contributed by atoms with van der Waals surface area (Å²) >= 11 is 0. The Kier molecular flexibility index (Phi) is 5.70. The molecule has 2 unspecified atom stereocenters. The summed E-state index contributed by atoms with van der Waals surface area (Å²) in [5.41, 5.74) is 1.40. The molecule has 0 saturated carbocycles. The molecule has 2 heterocycles. The standard InChI is InChI=1S/C20H28N4O3/c1-5-24(6-2)20(26)18-11-14(12-23(18)3)21-19(25)17-10-13-9-15(27-4)7-8-16(13)22-17/h7-10,14,18,22H,5-6,11-12H2,1-4H3,(H,21,25). The average Bonchev–Trinajstić information content (AvgIpc) is 3.25. The van der Waals surface area contributed by atoms with Crippen molar-refractivity contribution in [1.82, 2.24) is 20.1 Å². The van der Waals surface area contributed by atoms with Crippen LogP contribution in [0.1, 0.15) is 30.8 Å². The lowest BCUT2D eigenvalue weighted by Gasteiger charge is -2.26. The van der Waals surface area contributed by atoms with E-state index in [2.05, 4.69) is 10.3 Å². The van der Waals surface area contributed by atoms with Gasteiger partial charge >= 0.3 is 0 Å². The highest BCUT2D eigenvalue weighted by Crippen LogP contribution is 2.22. The zero-order chi connectivity index (χ0) is 19.6. The molecule has 1 fully saturated rings. The van der Waals surface area contributed by atoms with E-state index in [1.54, 1.807) is 7.11 Å². The zero-order valence-electron chi connectivity index (χ0n) is 16.4. The molecule has 1 aromatic heterocycles. The van der Waals surface area contributed by atoms with E-state index in [-0.39, 0.29) is 23.9 Å². The van der Waals surface area contributed by atoms with Crippen LogP contribution < -0.4 is 10.1 Å². The van der Waals surface area contributed by atoms with Crippen molar-refractivity contribution in [3.8, 4) is 5.75 Å². The Morgan fingerprint density at radius 3 is 2.70 bits per heavy atom. The van der Waals surface area contributed by atoms with Gasteiger partial charge in [0.2, 0.25) is 5.91 Å². The number of aromatic nitrogens is 1. The van der Waals surface area contributed by atoms with Crippen molar-refractivity contribution in [2.75, 3.05) is 33.8 Å². The van der Waals surface area contributed by atoms with Gasteiger partial charge in [-0.3, -0.25) is 14.5 Å². The number of methoxy groups -OCH3 is 1. The van der Waals surface area contributed by atoms with E-state index in [0.717, 1.165) is 16.7 Å². The lowest BCUT2D eigenvalue weighted by Crippen LogP contribution is -2.44. The van der Waals surface area contributed by atoms with Crippen LogP contribution in [-0.4, -0.2) is 72.5 Å². The van der Waals surface area contributed by atoms with Crippen LogP contribution in [0.4, 0.5) is 0 Å². The first-order valence-electron chi connectivity index (χ1n) is 9.43. The summed E-state index contributed by atoms with van der Waals surface area (Å²) in [6.07, 6.45) is 0.631. The number of nitrogens with one attached hydrogen (secondary N) is 2. The lowest BCUT2D eigenvalue weighted by molar-refractivity contribution is -0.135. The number of hydrogen-bond acceptors (Lipinski definition) is 4. The molecule has 1 aliphatic heterocycles. The molecule has 0 aliphatic carbocycles. The van der Waals surface area contributed by atoms with Crippen molar-refractivity contribution in [3.63, 3.8) is 0 Å². The van der Waals surface area contributed by atoms with Crippen molar-refractivity contribution in [3.05, 3.63) is 30.0 Å². The number of aromatic amines is 1. The van der Waals surface area contributed by atoms with E-state index < -0.39 is 0 Å². The number of carbonyl (C=O) groups is 2. The third-order valence-corrected chi connectivity index (χ3v) is 5.32. The van der Waals surface area contributed by atoms with Gasteiger partial charge in [0.05, 0.1) is 13.2 Å². The first-order valence-corrected chi connectivity index (χ1v) is 9.43. The van der Waals surface area contributed by atoms with E-state index in [9.17, 15) is 9.59 Å². The molecule has 27 heavy (non-hydrogen) atoms. The minimum atomic E-state index is -0.179. The molecule has 146 valence electrons. The maximum Gasteiger partial charge on any atom is 0.267 e. The van der Waals surface area contributed by atoms with Gasteiger partial charge in [-0.25, -0.2) is 0 Å². The molecule has 0 spiro atoms. The van der Waals surface area contributed by atoms with Crippen molar-refractivity contribution < 1.29 is 14.3 Å². The van der Waals surface area contributed by atoms with Crippen LogP contribution in [0.25, 0.3) is 10.9 Å².